The van der Waals surface area contributed by atoms with E-state index in [0.29, 0.717) is 12.3 Å². The summed E-state index contributed by atoms with van der Waals surface area (Å²) in [6.45, 7) is 3.00. The Morgan fingerprint density at radius 1 is 1.18 bits per heavy atom. The third kappa shape index (κ3) is 7.78. The molecule has 0 radical (unpaired) electrons. The quantitative estimate of drug-likeness (QED) is 0.452. The zero-order chi connectivity index (χ0) is 9.07. The molecule has 0 aliphatic carbocycles. The molecule has 11 heavy (non-hydrogen) atoms. The smallest absolute Gasteiger partial charge is 0.151 e. The van der Waals surface area contributed by atoms with Crippen LogP contribution in [0.3, 0.4) is 0 Å². The first kappa shape index (κ1) is 10.9. The molecule has 0 bridgehead atoms. The van der Waals surface area contributed by atoms with Crippen molar-refractivity contribution in [3.05, 3.63) is 0 Å². The van der Waals surface area contributed by atoms with E-state index in [4.69, 9.17) is 10.2 Å². The van der Waals surface area contributed by atoms with Gasteiger partial charge < -0.3 is 14.7 Å². The van der Waals surface area contributed by atoms with Gasteiger partial charge in [-0.15, -0.1) is 0 Å². The molecular formula is C8H20NO2+. The molecule has 0 saturated heterocycles. The van der Waals surface area contributed by atoms with Gasteiger partial charge in [0, 0.05) is 12.3 Å². The molecule has 0 aromatic heterocycles. The van der Waals surface area contributed by atoms with E-state index < -0.39 is 6.29 Å². The van der Waals surface area contributed by atoms with E-state index in [1.54, 1.807) is 0 Å². The minimum Gasteiger partial charge on any atom is -0.368 e. The number of nitrogens with zero attached hydrogens (tertiary/aromatic N) is 1. The summed E-state index contributed by atoms with van der Waals surface area (Å²) in [5, 5.41) is 17.3. The van der Waals surface area contributed by atoms with Gasteiger partial charge in [0.25, 0.3) is 0 Å². The summed E-state index contributed by atoms with van der Waals surface area (Å²) < 4.78 is 0.869. The van der Waals surface area contributed by atoms with Gasteiger partial charge in [-0.3, -0.25) is 0 Å². The summed E-state index contributed by atoms with van der Waals surface area (Å²) in [5.74, 6) is 0.356. The number of quaternary nitrogens is 1. The van der Waals surface area contributed by atoms with Crippen molar-refractivity contribution in [2.24, 2.45) is 5.92 Å². The largest absolute Gasteiger partial charge is 0.368 e. The Morgan fingerprint density at radius 2 is 1.64 bits per heavy atom. The van der Waals surface area contributed by atoms with Crippen molar-refractivity contribution in [3.63, 3.8) is 0 Å². The predicted molar refractivity (Wildman–Crippen MR) is 44.9 cm³/mol. The molecule has 0 rings (SSSR count). The Balaban J connectivity index is 3.61. The van der Waals surface area contributed by atoms with E-state index in [1.807, 2.05) is 6.92 Å². The average molecular weight is 162 g/mol. The highest BCUT2D eigenvalue weighted by molar-refractivity contribution is 4.51. The molecule has 0 amide bonds. The van der Waals surface area contributed by atoms with Crippen LogP contribution in [0.15, 0.2) is 0 Å². The Kier molecular flexibility index (Phi) is 4.00. The lowest BCUT2D eigenvalue weighted by atomic mass is 10.1. The van der Waals surface area contributed by atoms with Gasteiger partial charge in [-0.25, -0.2) is 0 Å². The molecule has 0 aliphatic heterocycles. The molecule has 68 valence electrons. The summed E-state index contributed by atoms with van der Waals surface area (Å²) in [7, 11) is 6.29. The number of hydrogen-bond donors (Lipinski definition) is 2. The van der Waals surface area contributed by atoms with Crippen LogP contribution in [0, 0.1) is 5.92 Å². The first-order chi connectivity index (χ1) is 4.81. The van der Waals surface area contributed by atoms with Crippen LogP contribution >= 0.6 is 0 Å². The van der Waals surface area contributed by atoms with Crippen LogP contribution < -0.4 is 0 Å². The second-order valence-corrected chi connectivity index (χ2v) is 4.29. The van der Waals surface area contributed by atoms with E-state index in [2.05, 4.69) is 21.1 Å². The maximum Gasteiger partial charge on any atom is 0.151 e. The molecule has 0 fully saturated rings. The Morgan fingerprint density at radius 3 is 1.91 bits per heavy atom. The first-order valence-electron chi connectivity index (χ1n) is 3.98. The van der Waals surface area contributed by atoms with Crippen LogP contribution in [-0.2, 0) is 0 Å². The van der Waals surface area contributed by atoms with Crippen LogP contribution in [0.5, 0.6) is 0 Å². The second kappa shape index (κ2) is 4.04. The number of aliphatic hydroxyl groups excluding tert-OH is 1. The van der Waals surface area contributed by atoms with Crippen LogP contribution in [0.2, 0.25) is 0 Å². The van der Waals surface area contributed by atoms with Gasteiger partial charge in [-0.05, 0) is 0 Å². The maximum absolute atomic E-state index is 8.67. The highest BCUT2D eigenvalue weighted by Crippen LogP contribution is 2.08. The van der Waals surface area contributed by atoms with Crippen LogP contribution in [0.25, 0.3) is 0 Å². The fourth-order valence-electron chi connectivity index (χ4n) is 1.37. The van der Waals surface area contributed by atoms with Crippen LogP contribution in [0.4, 0.5) is 0 Å². The van der Waals surface area contributed by atoms with Crippen molar-refractivity contribution < 1.29 is 14.7 Å². The van der Waals surface area contributed by atoms with Crippen molar-refractivity contribution in [1.29, 1.82) is 0 Å². The van der Waals surface area contributed by atoms with Gasteiger partial charge in [0.2, 0.25) is 0 Å². The fraction of sp³-hybridized carbons (Fsp3) is 1.00. The molecule has 2 N–H and O–H groups in total. The molecule has 0 spiro atoms. The highest BCUT2D eigenvalue weighted by Gasteiger charge is 2.15. The molecule has 0 aromatic carbocycles. The molecule has 1 atom stereocenters. The topological polar surface area (TPSA) is 40.5 Å². The molecule has 0 aromatic rings. The minimum atomic E-state index is -1.16. The lowest BCUT2D eigenvalue weighted by Crippen LogP contribution is -2.39. The molecule has 1 unspecified atom stereocenters. The normalized spacial score (nSPS) is 15.5. The number of aliphatic hydroxyl groups is 2. The van der Waals surface area contributed by atoms with Crippen molar-refractivity contribution in [2.45, 2.75) is 19.6 Å². The Labute approximate surface area is 68.9 Å². The lowest BCUT2D eigenvalue weighted by molar-refractivity contribution is -0.873. The lowest BCUT2D eigenvalue weighted by Gasteiger charge is -2.27. The van der Waals surface area contributed by atoms with Crippen LogP contribution in [-0.4, -0.2) is 48.7 Å². The predicted octanol–water partition coefficient (Wildman–Crippen LogP) is 0.0295. The second-order valence-electron chi connectivity index (χ2n) is 4.29. The third-order valence-corrected chi connectivity index (χ3v) is 1.47. The van der Waals surface area contributed by atoms with E-state index in [-0.39, 0.29) is 0 Å². The summed E-state index contributed by atoms with van der Waals surface area (Å²) in [4.78, 5) is 0. The SMILES string of the molecule is CC(CC(O)O)C[N+](C)(C)C. The summed E-state index contributed by atoms with van der Waals surface area (Å²) in [5.41, 5.74) is 0. The van der Waals surface area contributed by atoms with Crippen molar-refractivity contribution in [1.82, 2.24) is 0 Å². The van der Waals surface area contributed by atoms with Gasteiger partial charge in [-0.1, -0.05) is 6.92 Å². The fourth-order valence-corrected chi connectivity index (χ4v) is 1.37. The Hall–Kier alpha value is -0.120. The molecular weight excluding hydrogens is 142 g/mol. The Bertz CT molecular complexity index is 107. The first-order valence-corrected chi connectivity index (χ1v) is 3.98. The standard InChI is InChI=1S/C8H20NO2/c1-7(5-8(10)11)6-9(2,3)4/h7-8,10-11H,5-6H2,1-4H3/q+1. The zero-order valence-electron chi connectivity index (χ0n) is 7.91. The van der Waals surface area contributed by atoms with Gasteiger partial charge in [0.15, 0.2) is 6.29 Å². The van der Waals surface area contributed by atoms with Crippen molar-refractivity contribution >= 4 is 0 Å². The van der Waals surface area contributed by atoms with Crippen molar-refractivity contribution in [3.8, 4) is 0 Å². The number of rotatable bonds is 4. The molecule has 3 nitrogen and oxygen atoms in total. The molecule has 0 aliphatic rings. The summed E-state index contributed by atoms with van der Waals surface area (Å²) in [6.07, 6.45) is -0.688. The number of hydrogen-bond acceptors (Lipinski definition) is 2. The third-order valence-electron chi connectivity index (χ3n) is 1.47. The molecule has 3 heteroatoms. The molecule has 0 saturated carbocycles. The molecule has 0 heterocycles. The average Bonchev–Trinajstić information content (AvgIpc) is 1.53. The van der Waals surface area contributed by atoms with E-state index in [0.717, 1.165) is 11.0 Å². The monoisotopic (exact) mass is 162 g/mol. The summed E-state index contributed by atoms with van der Waals surface area (Å²) >= 11 is 0. The zero-order valence-corrected chi connectivity index (χ0v) is 7.91. The van der Waals surface area contributed by atoms with Gasteiger partial charge in [0.05, 0.1) is 27.7 Å². The van der Waals surface area contributed by atoms with E-state index >= 15 is 0 Å². The highest BCUT2D eigenvalue weighted by atomic mass is 16.5. The van der Waals surface area contributed by atoms with Crippen LogP contribution in [0.1, 0.15) is 13.3 Å². The minimum absolute atomic E-state index is 0.356. The van der Waals surface area contributed by atoms with E-state index in [1.165, 1.54) is 0 Å². The van der Waals surface area contributed by atoms with Crippen molar-refractivity contribution in [2.75, 3.05) is 27.7 Å². The van der Waals surface area contributed by atoms with Gasteiger partial charge >= 0.3 is 0 Å². The van der Waals surface area contributed by atoms with Gasteiger partial charge in [0.1, 0.15) is 0 Å². The maximum atomic E-state index is 8.67. The van der Waals surface area contributed by atoms with E-state index in [9.17, 15) is 0 Å². The van der Waals surface area contributed by atoms with Gasteiger partial charge in [-0.2, -0.15) is 0 Å². The summed E-state index contributed by atoms with van der Waals surface area (Å²) in [6, 6.07) is 0.